The summed E-state index contributed by atoms with van der Waals surface area (Å²) in [6.45, 7) is -0.978. The molecule has 0 aromatic heterocycles. The lowest BCUT2D eigenvalue weighted by molar-refractivity contribution is -0.137. The first-order valence-electron chi connectivity index (χ1n) is 16.0. The quantitative estimate of drug-likeness (QED) is 0.0489. The first-order chi connectivity index (χ1) is 20.3. The lowest BCUT2D eigenvalue weighted by Crippen LogP contribution is -2.37. The van der Waals surface area contributed by atoms with Crippen molar-refractivity contribution < 1.29 is 50.8 Å². The highest BCUT2D eigenvalue weighted by Gasteiger charge is 2.27. The molecule has 0 saturated carbocycles. The molecule has 42 heavy (non-hydrogen) atoms. The minimum atomic E-state index is -1.11. The van der Waals surface area contributed by atoms with E-state index in [1.54, 1.807) is 0 Å². The van der Waals surface area contributed by atoms with Gasteiger partial charge in [0.15, 0.2) is 0 Å². The van der Waals surface area contributed by atoms with Crippen molar-refractivity contribution in [2.24, 2.45) is 10.8 Å². The first kappa shape index (κ1) is 45.3. The molecule has 0 aliphatic heterocycles. The summed E-state index contributed by atoms with van der Waals surface area (Å²) in [6.07, 6.45) is 27.1. The predicted molar refractivity (Wildman–Crippen MR) is 167 cm³/mol. The lowest BCUT2D eigenvalue weighted by atomic mass is 9.93. The SMILES string of the molecule is CCCCCCCC/C=C\CCCCCCCCCCCC(=O)O.OCC(CO)(CO)CO.OCC(CO)(CO)CO. The number of carbonyl (C=O) groups is 1. The number of carboxylic acids is 1. The van der Waals surface area contributed by atoms with Crippen molar-refractivity contribution in [2.75, 3.05) is 52.9 Å². The number of aliphatic carboxylic acids is 1. The van der Waals surface area contributed by atoms with Crippen LogP contribution in [0, 0.1) is 10.8 Å². The zero-order chi connectivity index (χ0) is 32.4. The Kier molecular flexibility index (Phi) is 37.1. The van der Waals surface area contributed by atoms with Crippen LogP contribution in [-0.4, -0.2) is 105 Å². The number of rotatable bonds is 27. The van der Waals surface area contributed by atoms with Gasteiger partial charge >= 0.3 is 5.97 Å². The van der Waals surface area contributed by atoms with Crippen molar-refractivity contribution in [1.29, 1.82) is 0 Å². The molecule has 0 unspecified atom stereocenters. The normalized spacial score (nSPS) is 11.6. The minimum Gasteiger partial charge on any atom is -0.481 e. The van der Waals surface area contributed by atoms with E-state index in [1.165, 1.54) is 96.3 Å². The van der Waals surface area contributed by atoms with Gasteiger partial charge in [-0.2, -0.15) is 0 Å². The second-order valence-electron chi connectivity index (χ2n) is 11.4. The van der Waals surface area contributed by atoms with E-state index in [9.17, 15) is 4.79 Å². The van der Waals surface area contributed by atoms with Crippen molar-refractivity contribution in [3.63, 3.8) is 0 Å². The number of carboxylic acid groups (broad SMARTS) is 1. The van der Waals surface area contributed by atoms with Crippen molar-refractivity contribution in [1.82, 2.24) is 0 Å². The Hall–Kier alpha value is -1.11. The molecule has 0 fully saturated rings. The Balaban J connectivity index is -0.000000687. The number of allylic oxidation sites excluding steroid dienone is 2. The third-order valence-electron chi connectivity index (χ3n) is 7.34. The molecule has 0 radical (unpaired) electrons. The summed E-state index contributed by atoms with van der Waals surface area (Å²) in [5.41, 5.74) is -2.22. The molecule has 254 valence electrons. The van der Waals surface area contributed by atoms with Crippen LogP contribution in [0.25, 0.3) is 0 Å². The van der Waals surface area contributed by atoms with Crippen LogP contribution < -0.4 is 0 Å². The Labute approximate surface area is 255 Å². The number of unbranched alkanes of at least 4 members (excludes halogenated alkanes) is 15. The van der Waals surface area contributed by atoms with E-state index in [4.69, 9.17) is 46.0 Å². The van der Waals surface area contributed by atoms with Gasteiger partial charge in [-0.05, 0) is 32.1 Å². The summed E-state index contributed by atoms with van der Waals surface area (Å²) in [5.74, 6) is -0.656. The highest BCUT2D eigenvalue weighted by atomic mass is 16.4. The van der Waals surface area contributed by atoms with E-state index in [-0.39, 0.29) is 0 Å². The van der Waals surface area contributed by atoms with Crippen LogP contribution in [0.4, 0.5) is 0 Å². The summed E-state index contributed by atoms with van der Waals surface area (Å²) in [7, 11) is 0. The van der Waals surface area contributed by atoms with Crippen molar-refractivity contribution in [3.05, 3.63) is 12.2 Å². The number of hydrogen-bond acceptors (Lipinski definition) is 9. The van der Waals surface area contributed by atoms with Gasteiger partial charge in [-0.15, -0.1) is 0 Å². The van der Waals surface area contributed by atoms with Crippen LogP contribution in [-0.2, 0) is 4.79 Å². The molecule has 0 amide bonds. The van der Waals surface area contributed by atoms with Crippen LogP contribution in [0.15, 0.2) is 12.2 Å². The van der Waals surface area contributed by atoms with Gasteiger partial charge in [0.2, 0.25) is 0 Å². The molecule has 0 saturated heterocycles. The van der Waals surface area contributed by atoms with Crippen LogP contribution in [0.5, 0.6) is 0 Å². The fourth-order valence-corrected chi connectivity index (χ4v) is 3.65. The van der Waals surface area contributed by atoms with Crippen molar-refractivity contribution >= 4 is 5.97 Å². The van der Waals surface area contributed by atoms with Crippen LogP contribution in [0.1, 0.15) is 122 Å². The highest BCUT2D eigenvalue weighted by Crippen LogP contribution is 2.14. The molecule has 0 heterocycles. The zero-order valence-corrected chi connectivity index (χ0v) is 26.5. The molecular weight excluding hydrogens is 544 g/mol. The van der Waals surface area contributed by atoms with Gasteiger partial charge in [0.1, 0.15) is 0 Å². The molecule has 0 aromatic rings. The lowest BCUT2D eigenvalue weighted by Gasteiger charge is -2.23. The maximum atomic E-state index is 10.4. The fraction of sp³-hybridized carbons (Fsp3) is 0.906. The van der Waals surface area contributed by atoms with Gasteiger partial charge in [0.05, 0.1) is 63.7 Å². The van der Waals surface area contributed by atoms with E-state index in [0.717, 1.165) is 12.8 Å². The van der Waals surface area contributed by atoms with E-state index in [1.807, 2.05) is 0 Å². The topological polar surface area (TPSA) is 199 Å². The minimum absolute atomic E-state index is 0.340. The average Bonchev–Trinajstić information content (AvgIpc) is 3.02. The summed E-state index contributed by atoms with van der Waals surface area (Å²) in [5, 5.41) is 76.5. The maximum absolute atomic E-state index is 10.4. The Morgan fingerprint density at radius 3 is 0.952 bits per heavy atom. The molecule has 0 aliphatic rings. The third kappa shape index (κ3) is 29.0. The first-order valence-corrected chi connectivity index (χ1v) is 16.0. The summed E-state index contributed by atoms with van der Waals surface area (Å²) in [4.78, 5) is 10.4. The molecular formula is C32H66O10. The number of aliphatic hydroxyl groups excluding tert-OH is 8. The van der Waals surface area contributed by atoms with E-state index in [0.29, 0.717) is 6.42 Å². The molecule has 0 atom stereocenters. The van der Waals surface area contributed by atoms with E-state index < -0.39 is 69.7 Å². The largest absolute Gasteiger partial charge is 0.481 e. The highest BCUT2D eigenvalue weighted by molar-refractivity contribution is 5.66. The molecule has 9 N–H and O–H groups in total. The molecule has 10 heteroatoms. The molecule has 0 spiro atoms. The van der Waals surface area contributed by atoms with Gasteiger partial charge in [0.25, 0.3) is 0 Å². The van der Waals surface area contributed by atoms with Gasteiger partial charge in [-0.1, -0.05) is 96.1 Å². The second-order valence-corrected chi connectivity index (χ2v) is 11.4. The van der Waals surface area contributed by atoms with Gasteiger partial charge in [-0.3, -0.25) is 4.79 Å². The average molecular weight is 611 g/mol. The Morgan fingerprint density at radius 1 is 0.452 bits per heavy atom. The van der Waals surface area contributed by atoms with Gasteiger partial charge in [-0.25, -0.2) is 0 Å². The smallest absolute Gasteiger partial charge is 0.303 e. The Morgan fingerprint density at radius 2 is 0.714 bits per heavy atom. The van der Waals surface area contributed by atoms with E-state index >= 15 is 0 Å². The third-order valence-corrected chi connectivity index (χ3v) is 7.34. The molecule has 0 aliphatic carbocycles. The molecule has 0 aromatic carbocycles. The van der Waals surface area contributed by atoms with Crippen LogP contribution in [0.3, 0.4) is 0 Å². The summed E-state index contributed by atoms with van der Waals surface area (Å²) >= 11 is 0. The van der Waals surface area contributed by atoms with Gasteiger partial charge < -0.3 is 46.0 Å². The van der Waals surface area contributed by atoms with Gasteiger partial charge in [0, 0.05) is 6.42 Å². The second kappa shape index (κ2) is 34.4. The number of aliphatic hydroxyl groups is 8. The summed E-state index contributed by atoms with van der Waals surface area (Å²) in [6, 6.07) is 0. The van der Waals surface area contributed by atoms with Crippen LogP contribution in [0.2, 0.25) is 0 Å². The van der Waals surface area contributed by atoms with Crippen molar-refractivity contribution in [2.45, 2.75) is 122 Å². The van der Waals surface area contributed by atoms with E-state index in [2.05, 4.69) is 19.1 Å². The fourth-order valence-electron chi connectivity index (χ4n) is 3.65. The molecule has 10 nitrogen and oxygen atoms in total. The monoisotopic (exact) mass is 610 g/mol. The molecule has 0 bridgehead atoms. The predicted octanol–water partition coefficient (Wildman–Crippen LogP) is 3.55. The standard InChI is InChI=1S/C22H42O2.2C5H12O4/c1-2-3-4-5-6-7-8-9-10-11-12-13-14-15-16-17-18-19-20-21-22(23)24;2*6-1-5(2-7,3-8)4-9/h9-10H,2-8,11-21H2,1H3,(H,23,24);2*6-9H,1-4H2/b10-9-;;. The molecule has 0 rings (SSSR count). The zero-order valence-electron chi connectivity index (χ0n) is 26.5. The van der Waals surface area contributed by atoms with Crippen molar-refractivity contribution in [3.8, 4) is 0 Å². The Bertz CT molecular complexity index is 508. The maximum Gasteiger partial charge on any atom is 0.303 e. The summed E-state index contributed by atoms with van der Waals surface area (Å²) < 4.78 is 0. The van der Waals surface area contributed by atoms with Crippen LogP contribution >= 0.6 is 0 Å². The number of hydrogen-bond donors (Lipinski definition) is 9.